The first-order valence-corrected chi connectivity index (χ1v) is 8.67. The highest BCUT2D eigenvalue weighted by Crippen LogP contribution is 2.24. The van der Waals surface area contributed by atoms with Gasteiger partial charge in [-0.2, -0.15) is 0 Å². The van der Waals surface area contributed by atoms with E-state index in [1.807, 2.05) is 0 Å². The highest BCUT2D eigenvalue weighted by Gasteiger charge is 2.13. The van der Waals surface area contributed by atoms with Crippen LogP contribution in [0.5, 0.6) is 0 Å². The second-order valence-corrected chi connectivity index (χ2v) is 6.61. The Hall–Kier alpha value is -0.0400. The van der Waals surface area contributed by atoms with E-state index >= 15 is 0 Å². The molecule has 0 aliphatic carbocycles. The molecule has 18 heavy (non-hydrogen) atoms. The molecule has 1 heteroatoms. The first-order valence-electron chi connectivity index (χ1n) is 8.67. The van der Waals surface area contributed by atoms with Gasteiger partial charge in [0, 0.05) is 0 Å². The minimum atomic E-state index is 1.07. The maximum atomic E-state index is 2.76. The molecular formula is C17H33N. The van der Waals surface area contributed by atoms with Gasteiger partial charge in [0.15, 0.2) is 0 Å². The van der Waals surface area contributed by atoms with Crippen molar-refractivity contribution in [2.24, 2.45) is 5.92 Å². The van der Waals surface area contributed by atoms with Gasteiger partial charge in [0.25, 0.3) is 0 Å². The molecule has 0 saturated carbocycles. The number of nitrogens with zero attached hydrogens (tertiary/aromatic N) is 1. The first-order chi connectivity index (χ1) is 8.95. The highest BCUT2D eigenvalue weighted by molar-refractivity contribution is 4.67. The summed E-state index contributed by atoms with van der Waals surface area (Å²) < 4.78 is 0. The molecule has 3 aliphatic rings. The fraction of sp³-hybridized carbons (Fsp3) is 1.00. The summed E-state index contributed by atoms with van der Waals surface area (Å²) in [4.78, 5) is 2.76. The zero-order valence-corrected chi connectivity index (χ0v) is 12.3. The summed E-state index contributed by atoms with van der Waals surface area (Å²) in [6.45, 7) is 4.14. The Morgan fingerprint density at radius 3 is 1.44 bits per heavy atom. The van der Waals surface area contributed by atoms with E-state index in [1.165, 1.54) is 103 Å². The molecule has 3 rings (SSSR count). The van der Waals surface area contributed by atoms with Gasteiger partial charge in [-0.25, -0.2) is 0 Å². The monoisotopic (exact) mass is 251 g/mol. The van der Waals surface area contributed by atoms with E-state index in [2.05, 4.69) is 4.90 Å². The quantitative estimate of drug-likeness (QED) is 0.585. The maximum absolute atomic E-state index is 2.76. The third-order valence-corrected chi connectivity index (χ3v) is 5.01. The molecule has 1 nitrogen and oxygen atoms in total. The van der Waals surface area contributed by atoms with E-state index in [0.29, 0.717) is 0 Å². The average Bonchev–Trinajstić information content (AvgIpc) is 2.40. The molecule has 0 amide bonds. The highest BCUT2D eigenvalue weighted by atomic mass is 15.1. The summed E-state index contributed by atoms with van der Waals surface area (Å²) in [6.07, 6.45) is 19.4. The molecule has 3 fully saturated rings. The predicted molar refractivity (Wildman–Crippen MR) is 80.0 cm³/mol. The zero-order valence-electron chi connectivity index (χ0n) is 12.3. The van der Waals surface area contributed by atoms with Gasteiger partial charge >= 0.3 is 0 Å². The van der Waals surface area contributed by atoms with Crippen LogP contribution in [0, 0.1) is 5.92 Å². The maximum Gasteiger partial charge on any atom is -0.00187 e. The van der Waals surface area contributed by atoms with E-state index in [0.717, 1.165) is 5.92 Å². The van der Waals surface area contributed by atoms with E-state index in [4.69, 9.17) is 0 Å². The number of rotatable bonds is 0. The fourth-order valence-corrected chi connectivity index (χ4v) is 3.78. The van der Waals surface area contributed by atoms with Crippen molar-refractivity contribution in [3.05, 3.63) is 0 Å². The molecule has 0 radical (unpaired) electrons. The Morgan fingerprint density at radius 2 is 0.833 bits per heavy atom. The Bertz CT molecular complexity index is 162. The molecule has 0 aromatic rings. The van der Waals surface area contributed by atoms with Crippen LogP contribution in [-0.2, 0) is 0 Å². The molecule has 0 aromatic heterocycles. The Labute approximate surface area is 114 Å². The second kappa shape index (κ2) is 8.96. The molecule has 106 valence electrons. The normalized spacial score (nSPS) is 33.3. The number of hydrogen-bond donors (Lipinski definition) is 0. The third-order valence-electron chi connectivity index (χ3n) is 5.01. The van der Waals surface area contributed by atoms with Crippen molar-refractivity contribution >= 4 is 0 Å². The Balaban J connectivity index is 1.86. The van der Waals surface area contributed by atoms with Gasteiger partial charge in [-0.15, -0.1) is 0 Å². The zero-order chi connectivity index (χ0) is 12.5. The van der Waals surface area contributed by atoms with Crippen LogP contribution in [-0.4, -0.2) is 24.5 Å². The minimum absolute atomic E-state index is 1.07. The van der Waals surface area contributed by atoms with Gasteiger partial charge in [0.1, 0.15) is 0 Å². The largest absolute Gasteiger partial charge is 0.303 e. The van der Waals surface area contributed by atoms with Crippen molar-refractivity contribution in [3.8, 4) is 0 Å². The van der Waals surface area contributed by atoms with Crippen LogP contribution < -0.4 is 0 Å². The van der Waals surface area contributed by atoms with Crippen LogP contribution in [0.25, 0.3) is 0 Å². The molecule has 0 aromatic carbocycles. The molecule has 3 heterocycles. The molecule has 3 aliphatic heterocycles. The summed E-state index contributed by atoms with van der Waals surface area (Å²) in [7, 11) is 0. The fourth-order valence-electron chi connectivity index (χ4n) is 3.78. The number of hydrogen-bond acceptors (Lipinski definition) is 1. The lowest BCUT2D eigenvalue weighted by Gasteiger charge is -2.26. The van der Waals surface area contributed by atoms with E-state index in [1.54, 1.807) is 0 Å². The molecule has 0 atom stereocenters. The lowest BCUT2D eigenvalue weighted by Crippen LogP contribution is -2.28. The summed E-state index contributed by atoms with van der Waals surface area (Å²) in [5.41, 5.74) is 0. The lowest BCUT2D eigenvalue weighted by atomic mass is 9.89. The van der Waals surface area contributed by atoms with Crippen LogP contribution in [0.1, 0.15) is 83.5 Å². The standard InChI is InChI=1S/C17H33N/c1-2-4-8-14-18-15-9-6-12-17(11-5-3-1)13-7-10-16-18/h17H,1-16H2. The van der Waals surface area contributed by atoms with Crippen LogP contribution in [0.15, 0.2) is 0 Å². The van der Waals surface area contributed by atoms with Crippen molar-refractivity contribution in [3.63, 3.8) is 0 Å². The Morgan fingerprint density at radius 1 is 0.444 bits per heavy atom. The third kappa shape index (κ3) is 5.73. The van der Waals surface area contributed by atoms with Gasteiger partial charge in [-0.05, 0) is 44.8 Å². The van der Waals surface area contributed by atoms with Gasteiger partial charge in [-0.3, -0.25) is 0 Å². The second-order valence-electron chi connectivity index (χ2n) is 6.61. The predicted octanol–water partition coefficient (Wildman–Crippen LogP) is 5.00. The SMILES string of the molecule is C1CCCCN2CCCCC(CCC1)CCCC2. The Kier molecular flexibility index (Phi) is 7.15. The van der Waals surface area contributed by atoms with Gasteiger partial charge in [0.2, 0.25) is 0 Å². The average molecular weight is 251 g/mol. The van der Waals surface area contributed by atoms with Crippen molar-refractivity contribution in [1.82, 2.24) is 4.90 Å². The summed E-state index contributed by atoms with van der Waals surface area (Å²) in [6, 6.07) is 0. The van der Waals surface area contributed by atoms with E-state index < -0.39 is 0 Å². The van der Waals surface area contributed by atoms with Crippen molar-refractivity contribution in [2.75, 3.05) is 19.6 Å². The lowest BCUT2D eigenvalue weighted by molar-refractivity contribution is 0.234. The van der Waals surface area contributed by atoms with Gasteiger partial charge in [0.05, 0.1) is 0 Å². The minimum Gasteiger partial charge on any atom is -0.303 e. The van der Waals surface area contributed by atoms with Crippen LogP contribution in [0.2, 0.25) is 0 Å². The van der Waals surface area contributed by atoms with Crippen LogP contribution in [0.4, 0.5) is 0 Å². The van der Waals surface area contributed by atoms with Gasteiger partial charge in [-0.1, -0.05) is 64.2 Å². The molecule has 3 saturated heterocycles. The first kappa shape index (κ1) is 14.4. The summed E-state index contributed by atoms with van der Waals surface area (Å²) >= 11 is 0. The van der Waals surface area contributed by atoms with Crippen molar-refractivity contribution in [1.29, 1.82) is 0 Å². The van der Waals surface area contributed by atoms with Crippen molar-refractivity contribution in [2.45, 2.75) is 83.5 Å². The molecule has 0 unspecified atom stereocenters. The van der Waals surface area contributed by atoms with Crippen molar-refractivity contribution < 1.29 is 0 Å². The van der Waals surface area contributed by atoms with E-state index in [-0.39, 0.29) is 0 Å². The molecule has 0 N–H and O–H groups in total. The smallest absolute Gasteiger partial charge is 0.00187 e. The molecule has 2 bridgehead atoms. The van der Waals surface area contributed by atoms with Crippen LogP contribution in [0.3, 0.4) is 0 Å². The molecular weight excluding hydrogens is 218 g/mol. The summed E-state index contributed by atoms with van der Waals surface area (Å²) in [5, 5.41) is 0. The number of fused-ring (bicyclic) bond motifs is 13. The summed E-state index contributed by atoms with van der Waals surface area (Å²) in [5.74, 6) is 1.07. The van der Waals surface area contributed by atoms with Gasteiger partial charge < -0.3 is 4.90 Å². The topological polar surface area (TPSA) is 3.24 Å². The molecule has 0 spiro atoms. The van der Waals surface area contributed by atoms with Crippen LogP contribution >= 0.6 is 0 Å². The van der Waals surface area contributed by atoms with E-state index in [9.17, 15) is 0 Å².